The largest absolute Gasteiger partial charge is 0.311 e. The maximum absolute atomic E-state index is 12.1. The fourth-order valence-corrected chi connectivity index (χ4v) is 3.03. The van der Waals surface area contributed by atoms with Crippen LogP contribution in [0.3, 0.4) is 0 Å². The van der Waals surface area contributed by atoms with Gasteiger partial charge in [0.2, 0.25) is 5.91 Å². The Labute approximate surface area is 158 Å². The first-order valence-electron chi connectivity index (χ1n) is 8.94. The number of rotatable bonds is 5. The molecule has 0 unspecified atom stereocenters. The summed E-state index contributed by atoms with van der Waals surface area (Å²) in [5, 5.41) is 4.54. The van der Waals surface area contributed by atoms with E-state index in [2.05, 4.69) is 15.3 Å². The Morgan fingerprint density at radius 2 is 1.85 bits per heavy atom. The molecule has 0 aliphatic heterocycles. The molecule has 0 atom stereocenters. The molecule has 1 amide bonds. The molecule has 0 aromatic carbocycles. The molecule has 3 heterocycles. The molecule has 0 radical (unpaired) electrons. The van der Waals surface area contributed by atoms with Crippen LogP contribution in [-0.2, 0) is 4.79 Å². The van der Waals surface area contributed by atoms with Crippen LogP contribution in [0.1, 0.15) is 48.4 Å². The molecular formula is C21H22N4O2. The van der Waals surface area contributed by atoms with E-state index in [9.17, 15) is 9.59 Å². The van der Waals surface area contributed by atoms with E-state index < -0.39 is 0 Å². The topological polar surface area (TPSA) is 84.8 Å². The summed E-state index contributed by atoms with van der Waals surface area (Å²) in [4.78, 5) is 36.6. The SMILES string of the molecule is CCCC(=O)c1cc(C)c(-c2cc3cnc(NC(C)=O)cc3c(C)n2)cn1. The molecule has 1 N–H and O–H groups in total. The Bertz CT molecular complexity index is 1040. The predicted molar refractivity (Wildman–Crippen MR) is 106 cm³/mol. The smallest absolute Gasteiger partial charge is 0.222 e. The zero-order valence-electron chi connectivity index (χ0n) is 16.0. The highest BCUT2D eigenvalue weighted by Gasteiger charge is 2.13. The minimum absolute atomic E-state index is 0.0597. The molecule has 27 heavy (non-hydrogen) atoms. The molecule has 6 heteroatoms. The average Bonchev–Trinajstić information content (AvgIpc) is 2.61. The van der Waals surface area contributed by atoms with Crippen LogP contribution >= 0.6 is 0 Å². The fourth-order valence-electron chi connectivity index (χ4n) is 3.03. The Hall–Kier alpha value is -3.15. The number of ketones is 1. The van der Waals surface area contributed by atoms with Crippen molar-refractivity contribution in [3.63, 3.8) is 0 Å². The number of Topliss-reactive ketones (excluding diaryl/α,β-unsaturated/α-hetero) is 1. The minimum Gasteiger partial charge on any atom is -0.311 e. The first kappa shape index (κ1) is 18.6. The van der Waals surface area contributed by atoms with Crippen molar-refractivity contribution >= 4 is 28.3 Å². The second-order valence-corrected chi connectivity index (χ2v) is 6.62. The summed E-state index contributed by atoms with van der Waals surface area (Å²) in [6.45, 7) is 7.31. The highest BCUT2D eigenvalue weighted by Crippen LogP contribution is 2.27. The van der Waals surface area contributed by atoms with Gasteiger partial charge >= 0.3 is 0 Å². The van der Waals surface area contributed by atoms with Crippen molar-refractivity contribution in [2.24, 2.45) is 0 Å². The lowest BCUT2D eigenvalue weighted by molar-refractivity contribution is -0.114. The standard InChI is InChI=1S/C21H22N4O2/c1-5-6-20(27)19-7-12(2)17(11-22-19)18-8-15-10-23-21(25-14(4)26)9-16(15)13(3)24-18/h7-11H,5-6H2,1-4H3,(H,23,25,26). The number of aromatic nitrogens is 3. The van der Waals surface area contributed by atoms with Crippen LogP contribution < -0.4 is 5.32 Å². The highest BCUT2D eigenvalue weighted by molar-refractivity contribution is 5.95. The number of fused-ring (bicyclic) bond motifs is 1. The normalized spacial score (nSPS) is 10.8. The summed E-state index contributed by atoms with van der Waals surface area (Å²) >= 11 is 0. The average molecular weight is 362 g/mol. The summed E-state index contributed by atoms with van der Waals surface area (Å²) in [7, 11) is 0. The lowest BCUT2D eigenvalue weighted by Gasteiger charge is -2.11. The minimum atomic E-state index is -0.163. The second kappa shape index (κ2) is 7.61. The molecule has 3 aromatic rings. The first-order chi connectivity index (χ1) is 12.9. The molecule has 6 nitrogen and oxygen atoms in total. The van der Waals surface area contributed by atoms with Crippen LogP contribution in [-0.4, -0.2) is 26.6 Å². The number of nitrogens with one attached hydrogen (secondary N) is 1. The van der Waals surface area contributed by atoms with Gasteiger partial charge in [-0.15, -0.1) is 0 Å². The van der Waals surface area contributed by atoms with Crippen molar-refractivity contribution in [3.05, 3.63) is 47.5 Å². The van der Waals surface area contributed by atoms with E-state index in [-0.39, 0.29) is 11.7 Å². The molecule has 0 aliphatic carbocycles. The van der Waals surface area contributed by atoms with Crippen molar-refractivity contribution in [1.82, 2.24) is 15.0 Å². The van der Waals surface area contributed by atoms with Gasteiger partial charge in [0.05, 0.1) is 5.69 Å². The number of hydrogen-bond acceptors (Lipinski definition) is 5. The number of aryl methyl sites for hydroxylation is 2. The van der Waals surface area contributed by atoms with Crippen molar-refractivity contribution in [3.8, 4) is 11.3 Å². The lowest BCUT2D eigenvalue weighted by atomic mass is 10.0. The maximum atomic E-state index is 12.1. The summed E-state index contributed by atoms with van der Waals surface area (Å²) in [6, 6.07) is 5.59. The van der Waals surface area contributed by atoms with Gasteiger partial charge in [-0.2, -0.15) is 0 Å². The van der Waals surface area contributed by atoms with Gasteiger partial charge in [0, 0.05) is 47.8 Å². The lowest BCUT2D eigenvalue weighted by Crippen LogP contribution is -2.07. The Morgan fingerprint density at radius 1 is 1.07 bits per heavy atom. The van der Waals surface area contributed by atoms with Gasteiger partial charge in [-0.05, 0) is 44.0 Å². The van der Waals surface area contributed by atoms with Gasteiger partial charge in [0.1, 0.15) is 11.5 Å². The second-order valence-electron chi connectivity index (χ2n) is 6.62. The molecule has 0 saturated heterocycles. The van der Waals surface area contributed by atoms with Gasteiger partial charge in [-0.1, -0.05) is 6.92 Å². The third-order valence-corrected chi connectivity index (χ3v) is 4.36. The molecule has 3 aromatic heterocycles. The first-order valence-corrected chi connectivity index (χ1v) is 8.94. The molecule has 138 valence electrons. The number of carbonyl (C=O) groups is 2. The fraction of sp³-hybridized carbons (Fsp3) is 0.286. The van der Waals surface area contributed by atoms with Gasteiger partial charge < -0.3 is 5.32 Å². The number of hydrogen-bond donors (Lipinski definition) is 1. The van der Waals surface area contributed by atoms with E-state index in [1.165, 1.54) is 6.92 Å². The van der Waals surface area contributed by atoms with Gasteiger partial charge in [-0.3, -0.25) is 19.6 Å². The number of amides is 1. The molecule has 0 bridgehead atoms. The van der Waals surface area contributed by atoms with E-state index >= 15 is 0 Å². The number of carbonyl (C=O) groups excluding carboxylic acids is 2. The van der Waals surface area contributed by atoms with Crippen LogP contribution in [0.2, 0.25) is 0 Å². The molecule has 3 rings (SSSR count). The third kappa shape index (κ3) is 4.00. The highest BCUT2D eigenvalue weighted by atomic mass is 16.1. The van der Waals surface area contributed by atoms with E-state index in [0.717, 1.165) is 39.7 Å². The quantitative estimate of drug-likeness (QED) is 0.686. The van der Waals surface area contributed by atoms with Crippen LogP contribution in [0.5, 0.6) is 0 Å². The third-order valence-electron chi connectivity index (χ3n) is 4.36. The van der Waals surface area contributed by atoms with Gasteiger partial charge in [0.25, 0.3) is 0 Å². The summed E-state index contributed by atoms with van der Waals surface area (Å²) in [5.41, 5.74) is 3.96. The summed E-state index contributed by atoms with van der Waals surface area (Å²) < 4.78 is 0. The van der Waals surface area contributed by atoms with Crippen molar-refractivity contribution in [2.45, 2.75) is 40.5 Å². The van der Waals surface area contributed by atoms with Gasteiger partial charge in [-0.25, -0.2) is 4.98 Å². The van der Waals surface area contributed by atoms with Gasteiger partial charge in [0.15, 0.2) is 5.78 Å². The monoisotopic (exact) mass is 362 g/mol. The van der Waals surface area contributed by atoms with Crippen LogP contribution in [0.25, 0.3) is 22.0 Å². The van der Waals surface area contributed by atoms with E-state index in [1.807, 2.05) is 39.0 Å². The van der Waals surface area contributed by atoms with Crippen LogP contribution in [0, 0.1) is 13.8 Å². The van der Waals surface area contributed by atoms with Crippen LogP contribution in [0.15, 0.2) is 30.6 Å². The maximum Gasteiger partial charge on any atom is 0.222 e. The Balaban J connectivity index is 2.02. The molecular weight excluding hydrogens is 340 g/mol. The zero-order valence-corrected chi connectivity index (χ0v) is 16.0. The number of nitrogens with zero attached hydrogens (tertiary/aromatic N) is 3. The van der Waals surface area contributed by atoms with E-state index in [1.54, 1.807) is 12.4 Å². The van der Waals surface area contributed by atoms with E-state index in [0.29, 0.717) is 17.9 Å². The summed E-state index contributed by atoms with van der Waals surface area (Å²) in [5.74, 6) is 0.400. The molecule has 0 aliphatic rings. The molecule has 0 saturated carbocycles. The van der Waals surface area contributed by atoms with Crippen LogP contribution in [0.4, 0.5) is 5.82 Å². The zero-order chi connectivity index (χ0) is 19.6. The molecule has 0 fully saturated rings. The number of pyridine rings is 3. The van der Waals surface area contributed by atoms with Crippen molar-refractivity contribution in [1.29, 1.82) is 0 Å². The summed E-state index contributed by atoms with van der Waals surface area (Å²) in [6.07, 6.45) is 4.74. The molecule has 0 spiro atoms. The Morgan fingerprint density at radius 3 is 2.52 bits per heavy atom. The number of anilines is 1. The van der Waals surface area contributed by atoms with Crippen molar-refractivity contribution in [2.75, 3.05) is 5.32 Å². The predicted octanol–water partition coefficient (Wildman–Crippen LogP) is 4.25. The van der Waals surface area contributed by atoms with E-state index in [4.69, 9.17) is 4.98 Å². The Kier molecular flexibility index (Phi) is 5.26. The van der Waals surface area contributed by atoms with Crippen molar-refractivity contribution < 1.29 is 9.59 Å².